The molecule has 1 aromatic heterocycles. The number of halogens is 5. The van der Waals surface area contributed by atoms with Crippen LogP contribution in [0.15, 0.2) is 12.1 Å². The van der Waals surface area contributed by atoms with Crippen molar-refractivity contribution in [2.45, 2.75) is 6.18 Å². The predicted octanol–water partition coefficient (Wildman–Crippen LogP) is 3.01. The largest absolute Gasteiger partial charge is 0.445 e. The molecule has 0 N–H and O–H groups in total. The van der Waals surface area contributed by atoms with Crippen molar-refractivity contribution < 1.29 is 22.3 Å². The molecule has 1 aromatic rings. The molecule has 7 heteroatoms. The van der Waals surface area contributed by atoms with Crippen molar-refractivity contribution in [3.63, 3.8) is 0 Å². The molecule has 0 aliphatic rings. The molecule has 0 fully saturated rings. The zero-order valence-electron chi connectivity index (χ0n) is 6.61. The lowest BCUT2D eigenvalue weighted by molar-refractivity contribution is -0.139. The Balaban J connectivity index is 3.15. The number of pyridine rings is 1. The summed E-state index contributed by atoms with van der Waals surface area (Å²) in [4.78, 5) is 3.43. The number of hydrogen-bond acceptors (Lipinski definition) is 2. The van der Waals surface area contributed by atoms with Crippen LogP contribution in [0.4, 0.5) is 17.6 Å². The van der Waals surface area contributed by atoms with Crippen LogP contribution in [0.2, 0.25) is 0 Å². The third-order valence-corrected chi connectivity index (χ3v) is 1.92. The maximum atomic E-state index is 12.3. The molecular weight excluding hydrogens is 317 g/mol. The lowest BCUT2D eigenvalue weighted by atomic mass is 10.2. The smallest absolute Gasteiger partial charge is 0.421 e. The van der Waals surface area contributed by atoms with E-state index in [2.05, 4.69) is 9.72 Å². The van der Waals surface area contributed by atoms with E-state index in [9.17, 15) is 17.6 Å². The quantitative estimate of drug-likeness (QED) is 0.475. The minimum Gasteiger partial charge on any atom is -0.445 e. The van der Waals surface area contributed by atoms with Crippen molar-refractivity contribution in [2.75, 3.05) is 6.86 Å². The number of ether oxygens (including phenoxy) is 1. The standard InChI is InChI=1S/C7H4F4INO/c8-3-14-6-4(7(9,10)11)1-2-5(12)13-6/h1-2H,3H2. The molecule has 0 amide bonds. The van der Waals surface area contributed by atoms with E-state index in [1.165, 1.54) is 6.07 Å². The highest BCUT2D eigenvalue weighted by Crippen LogP contribution is 2.35. The number of hydrogen-bond donors (Lipinski definition) is 0. The molecule has 1 heterocycles. The molecule has 0 aliphatic heterocycles. The second-order valence-corrected chi connectivity index (χ2v) is 3.34. The summed E-state index contributed by atoms with van der Waals surface area (Å²) in [5.41, 5.74) is -1.07. The van der Waals surface area contributed by atoms with E-state index in [4.69, 9.17) is 0 Å². The van der Waals surface area contributed by atoms with E-state index < -0.39 is 24.5 Å². The third-order valence-electron chi connectivity index (χ3n) is 1.32. The lowest BCUT2D eigenvalue weighted by Gasteiger charge is -2.10. The molecule has 0 bridgehead atoms. The Labute approximate surface area is 90.4 Å². The summed E-state index contributed by atoms with van der Waals surface area (Å²) in [6.07, 6.45) is -4.58. The number of alkyl halides is 4. The topological polar surface area (TPSA) is 22.1 Å². The normalized spacial score (nSPS) is 11.5. The molecule has 0 spiro atoms. The highest BCUT2D eigenvalue weighted by Gasteiger charge is 2.35. The van der Waals surface area contributed by atoms with E-state index in [1.54, 1.807) is 22.6 Å². The molecule has 78 valence electrons. The van der Waals surface area contributed by atoms with Gasteiger partial charge in [0.15, 0.2) is 0 Å². The highest BCUT2D eigenvalue weighted by atomic mass is 127. The van der Waals surface area contributed by atoms with Gasteiger partial charge in [-0.05, 0) is 34.7 Å². The van der Waals surface area contributed by atoms with Gasteiger partial charge >= 0.3 is 6.18 Å². The molecule has 0 radical (unpaired) electrons. The van der Waals surface area contributed by atoms with Gasteiger partial charge in [-0.1, -0.05) is 0 Å². The van der Waals surface area contributed by atoms with Gasteiger partial charge < -0.3 is 4.74 Å². The van der Waals surface area contributed by atoms with Crippen LogP contribution >= 0.6 is 22.6 Å². The molecule has 0 saturated heterocycles. The molecule has 0 unspecified atom stereocenters. The first-order valence-electron chi connectivity index (χ1n) is 3.37. The molecule has 1 rings (SSSR count). The molecule has 0 aliphatic carbocycles. The Kier molecular flexibility index (Phi) is 3.51. The first-order valence-corrected chi connectivity index (χ1v) is 4.45. The SMILES string of the molecule is FCOc1nc(I)ccc1C(F)(F)F. The zero-order chi connectivity index (χ0) is 10.8. The lowest BCUT2D eigenvalue weighted by Crippen LogP contribution is -2.10. The van der Waals surface area contributed by atoms with E-state index in [0.29, 0.717) is 3.70 Å². The van der Waals surface area contributed by atoms with Crippen molar-refractivity contribution in [3.05, 3.63) is 21.4 Å². The van der Waals surface area contributed by atoms with Crippen LogP contribution < -0.4 is 4.74 Å². The number of aromatic nitrogens is 1. The minimum absolute atomic E-state index is 0.305. The van der Waals surface area contributed by atoms with Crippen LogP contribution in [0.5, 0.6) is 5.88 Å². The van der Waals surface area contributed by atoms with Crippen molar-refractivity contribution in [1.29, 1.82) is 0 Å². The fraction of sp³-hybridized carbons (Fsp3) is 0.286. The van der Waals surface area contributed by atoms with Gasteiger partial charge in [0.1, 0.15) is 9.26 Å². The molecule has 14 heavy (non-hydrogen) atoms. The average molecular weight is 321 g/mol. The summed E-state index contributed by atoms with van der Waals surface area (Å²) in [5.74, 6) is -0.730. The van der Waals surface area contributed by atoms with Crippen LogP contribution in [0.1, 0.15) is 5.56 Å². The first kappa shape index (κ1) is 11.5. The fourth-order valence-electron chi connectivity index (χ4n) is 0.795. The Hall–Kier alpha value is -0.600. The van der Waals surface area contributed by atoms with Crippen LogP contribution in [-0.2, 0) is 6.18 Å². The predicted molar refractivity (Wildman–Crippen MR) is 48.6 cm³/mol. The third kappa shape index (κ3) is 2.69. The van der Waals surface area contributed by atoms with Crippen LogP contribution in [0.3, 0.4) is 0 Å². The minimum atomic E-state index is -4.58. The first-order chi connectivity index (χ1) is 6.45. The maximum Gasteiger partial charge on any atom is 0.421 e. The zero-order valence-corrected chi connectivity index (χ0v) is 8.76. The highest BCUT2D eigenvalue weighted by molar-refractivity contribution is 14.1. The van der Waals surface area contributed by atoms with Gasteiger partial charge in [-0.25, -0.2) is 9.37 Å². The van der Waals surface area contributed by atoms with Gasteiger partial charge in [0, 0.05) is 0 Å². The Morgan fingerprint density at radius 3 is 2.50 bits per heavy atom. The van der Waals surface area contributed by atoms with Crippen molar-refractivity contribution >= 4 is 22.6 Å². The van der Waals surface area contributed by atoms with Crippen LogP contribution in [0, 0.1) is 3.70 Å². The Morgan fingerprint density at radius 2 is 2.00 bits per heavy atom. The summed E-state index contributed by atoms with van der Waals surface area (Å²) in [5, 5.41) is 0. The monoisotopic (exact) mass is 321 g/mol. The molecule has 0 atom stereocenters. The van der Waals surface area contributed by atoms with E-state index in [1.807, 2.05) is 0 Å². The van der Waals surface area contributed by atoms with Gasteiger partial charge in [-0.2, -0.15) is 13.2 Å². The summed E-state index contributed by atoms with van der Waals surface area (Å²) >= 11 is 1.71. The van der Waals surface area contributed by atoms with Crippen molar-refractivity contribution in [3.8, 4) is 5.88 Å². The molecule has 0 saturated carbocycles. The van der Waals surface area contributed by atoms with Gasteiger partial charge in [0.25, 0.3) is 0 Å². The molecular formula is C7H4F4INO. The maximum absolute atomic E-state index is 12.3. The summed E-state index contributed by atoms with van der Waals surface area (Å²) in [6.45, 7) is -1.34. The van der Waals surface area contributed by atoms with Gasteiger partial charge in [0.2, 0.25) is 12.7 Å². The van der Waals surface area contributed by atoms with Gasteiger partial charge in [-0.15, -0.1) is 0 Å². The van der Waals surface area contributed by atoms with E-state index in [-0.39, 0.29) is 0 Å². The van der Waals surface area contributed by atoms with Gasteiger partial charge in [0.05, 0.1) is 0 Å². The molecule has 2 nitrogen and oxygen atoms in total. The summed E-state index contributed by atoms with van der Waals surface area (Å²) in [6, 6.07) is 1.98. The van der Waals surface area contributed by atoms with Crippen LogP contribution in [-0.4, -0.2) is 11.8 Å². The Morgan fingerprint density at radius 1 is 1.36 bits per heavy atom. The summed E-state index contributed by atoms with van der Waals surface area (Å²) < 4.78 is 53.0. The number of rotatable bonds is 2. The second kappa shape index (κ2) is 4.28. The van der Waals surface area contributed by atoms with E-state index in [0.717, 1.165) is 6.07 Å². The second-order valence-electron chi connectivity index (χ2n) is 2.24. The molecule has 0 aromatic carbocycles. The van der Waals surface area contributed by atoms with Crippen molar-refractivity contribution in [2.24, 2.45) is 0 Å². The fourth-order valence-corrected chi connectivity index (χ4v) is 1.19. The van der Waals surface area contributed by atoms with Crippen molar-refractivity contribution in [1.82, 2.24) is 4.98 Å². The van der Waals surface area contributed by atoms with Gasteiger partial charge in [-0.3, -0.25) is 0 Å². The summed E-state index contributed by atoms with van der Waals surface area (Å²) in [7, 11) is 0. The average Bonchev–Trinajstić information content (AvgIpc) is 2.02. The Bertz CT molecular complexity index is 328. The number of nitrogens with zero attached hydrogens (tertiary/aromatic N) is 1. The van der Waals surface area contributed by atoms with E-state index >= 15 is 0 Å². The van der Waals surface area contributed by atoms with Crippen LogP contribution in [0.25, 0.3) is 0 Å².